The minimum Gasteiger partial charge on any atom is -0.378 e. The number of anilines is 1. The zero-order chi connectivity index (χ0) is 17.8. The Hall–Kier alpha value is -1.89. The van der Waals surface area contributed by atoms with Gasteiger partial charge in [0.15, 0.2) is 0 Å². The highest BCUT2D eigenvalue weighted by molar-refractivity contribution is 9.10. The Morgan fingerprint density at radius 3 is 2.44 bits per heavy atom. The van der Waals surface area contributed by atoms with Gasteiger partial charge in [-0.2, -0.15) is 0 Å². The molecule has 7 heteroatoms. The summed E-state index contributed by atoms with van der Waals surface area (Å²) in [6.07, 6.45) is 0. The summed E-state index contributed by atoms with van der Waals surface area (Å²) >= 11 is 9.39. The lowest BCUT2D eigenvalue weighted by Gasteiger charge is -2.26. The minimum atomic E-state index is -0.307. The molecule has 1 N–H and O–H groups in total. The maximum atomic E-state index is 12.4. The van der Waals surface area contributed by atoms with E-state index in [1.54, 1.807) is 47.4 Å². The lowest BCUT2D eigenvalue weighted by Crippen LogP contribution is -2.40. The second-order valence-electron chi connectivity index (χ2n) is 5.56. The number of benzene rings is 2. The maximum Gasteiger partial charge on any atom is 0.257 e. The molecule has 1 aliphatic rings. The monoisotopic (exact) mass is 422 g/mol. The number of nitrogens with one attached hydrogen (secondary N) is 1. The highest BCUT2D eigenvalue weighted by Gasteiger charge is 2.18. The van der Waals surface area contributed by atoms with Gasteiger partial charge in [-0.25, -0.2) is 0 Å². The number of rotatable bonds is 3. The van der Waals surface area contributed by atoms with Crippen molar-refractivity contribution in [2.24, 2.45) is 0 Å². The van der Waals surface area contributed by atoms with Gasteiger partial charge in [0.25, 0.3) is 11.8 Å². The highest BCUT2D eigenvalue weighted by atomic mass is 79.9. The number of hydrogen-bond donors (Lipinski definition) is 1. The summed E-state index contributed by atoms with van der Waals surface area (Å²) < 4.78 is 6.02. The van der Waals surface area contributed by atoms with E-state index >= 15 is 0 Å². The molecule has 0 spiro atoms. The second kappa shape index (κ2) is 7.99. The van der Waals surface area contributed by atoms with Crippen LogP contribution in [0.3, 0.4) is 0 Å². The van der Waals surface area contributed by atoms with Crippen molar-refractivity contribution in [1.82, 2.24) is 4.90 Å². The van der Waals surface area contributed by atoms with Crippen LogP contribution in [0.15, 0.2) is 46.9 Å². The first-order valence-corrected chi connectivity index (χ1v) is 8.95. The first kappa shape index (κ1) is 17.9. The lowest BCUT2D eigenvalue weighted by atomic mass is 10.1. The molecule has 1 heterocycles. The number of carbonyl (C=O) groups is 2. The van der Waals surface area contributed by atoms with Gasteiger partial charge >= 0.3 is 0 Å². The van der Waals surface area contributed by atoms with Crippen molar-refractivity contribution in [3.8, 4) is 0 Å². The Morgan fingerprint density at radius 2 is 1.76 bits per heavy atom. The first-order chi connectivity index (χ1) is 12.0. The molecule has 0 bridgehead atoms. The molecule has 130 valence electrons. The van der Waals surface area contributed by atoms with Gasteiger partial charge in [0, 0.05) is 28.8 Å². The van der Waals surface area contributed by atoms with Crippen molar-refractivity contribution in [2.45, 2.75) is 0 Å². The number of amides is 2. The van der Waals surface area contributed by atoms with E-state index in [9.17, 15) is 9.59 Å². The van der Waals surface area contributed by atoms with Crippen molar-refractivity contribution in [2.75, 3.05) is 31.6 Å². The molecular weight excluding hydrogens is 408 g/mol. The quantitative estimate of drug-likeness (QED) is 0.816. The van der Waals surface area contributed by atoms with E-state index < -0.39 is 0 Å². The van der Waals surface area contributed by atoms with E-state index in [0.717, 1.165) is 4.47 Å². The molecule has 1 saturated heterocycles. The highest BCUT2D eigenvalue weighted by Crippen LogP contribution is 2.22. The molecule has 25 heavy (non-hydrogen) atoms. The molecule has 3 rings (SSSR count). The molecule has 0 saturated carbocycles. The van der Waals surface area contributed by atoms with Crippen molar-refractivity contribution in [3.05, 3.63) is 63.1 Å². The number of nitrogens with zero attached hydrogens (tertiary/aromatic N) is 1. The smallest absolute Gasteiger partial charge is 0.257 e. The van der Waals surface area contributed by atoms with Crippen LogP contribution in [-0.4, -0.2) is 43.0 Å². The molecule has 2 aromatic rings. The Kier molecular flexibility index (Phi) is 5.73. The van der Waals surface area contributed by atoms with Gasteiger partial charge in [0.1, 0.15) is 0 Å². The summed E-state index contributed by atoms with van der Waals surface area (Å²) in [5.74, 6) is -0.338. The summed E-state index contributed by atoms with van der Waals surface area (Å²) in [4.78, 5) is 26.5. The van der Waals surface area contributed by atoms with Gasteiger partial charge in [-0.1, -0.05) is 27.5 Å². The molecule has 5 nitrogen and oxygen atoms in total. The van der Waals surface area contributed by atoms with Crippen LogP contribution >= 0.6 is 27.5 Å². The Balaban J connectivity index is 1.69. The first-order valence-electron chi connectivity index (χ1n) is 7.78. The number of halogens is 2. The fraction of sp³-hybridized carbons (Fsp3) is 0.222. The average molecular weight is 424 g/mol. The molecule has 2 amide bonds. The molecule has 0 radical (unpaired) electrons. The van der Waals surface area contributed by atoms with Crippen molar-refractivity contribution >= 4 is 45.0 Å². The van der Waals surface area contributed by atoms with E-state index in [1.807, 2.05) is 0 Å². The van der Waals surface area contributed by atoms with E-state index in [1.165, 1.54) is 0 Å². The Morgan fingerprint density at radius 1 is 1.08 bits per heavy atom. The van der Waals surface area contributed by atoms with Crippen LogP contribution in [0.1, 0.15) is 20.7 Å². The predicted molar refractivity (Wildman–Crippen MR) is 100 cm³/mol. The van der Waals surface area contributed by atoms with Gasteiger partial charge in [0.2, 0.25) is 0 Å². The summed E-state index contributed by atoms with van der Waals surface area (Å²) in [5, 5.41) is 3.16. The number of ether oxygens (including phenoxy) is 1. The normalized spacial score (nSPS) is 14.2. The van der Waals surface area contributed by atoms with E-state index in [-0.39, 0.29) is 11.8 Å². The summed E-state index contributed by atoms with van der Waals surface area (Å²) in [7, 11) is 0. The Labute approximate surface area is 159 Å². The van der Waals surface area contributed by atoms with Gasteiger partial charge < -0.3 is 15.0 Å². The van der Waals surface area contributed by atoms with Crippen LogP contribution < -0.4 is 5.32 Å². The predicted octanol–water partition coefficient (Wildman–Crippen LogP) is 3.83. The zero-order valence-corrected chi connectivity index (χ0v) is 15.6. The van der Waals surface area contributed by atoms with E-state index in [2.05, 4.69) is 21.2 Å². The van der Waals surface area contributed by atoms with Gasteiger partial charge in [-0.15, -0.1) is 0 Å². The van der Waals surface area contributed by atoms with Crippen LogP contribution in [0.4, 0.5) is 5.69 Å². The standard InChI is InChI=1S/C18H16BrClN2O3/c19-13-3-6-16(20)15(11-13)17(23)21-14-4-1-12(2-5-14)18(24)22-7-9-25-10-8-22/h1-6,11H,7-10H2,(H,21,23). The van der Waals surface area contributed by atoms with E-state index in [4.69, 9.17) is 16.3 Å². The number of carbonyl (C=O) groups excluding carboxylic acids is 2. The third-order valence-corrected chi connectivity index (χ3v) is 4.68. The molecule has 1 aliphatic heterocycles. The molecule has 0 atom stereocenters. The van der Waals surface area contributed by atoms with Crippen LogP contribution in [0, 0.1) is 0 Å². The van der Waals surface area contributed by atoms with E-state index in [0.29, 0.717) is 48.1 Å². The number of hydrogen-bond acceptors (Lipinski definition) is 3. The van der Waals surface area contributed by atoms with Crippen molar-refractivity contribution in [3.63, 3.8) is 0 Å². The van der Waals surface area contributed by atoms with Crippen molar-refractivity contribution < 1.29 is 14.3 Å². The fourth-order valence-corrected chi connectivity index (χ4v) is 3.08. The number of morpholine rings is 1. The summed E-state index contributed by atoms with van der Waals surface area (Å²) in [6.45, 7) is 2.32. The third kappa shape index (κ3) is 4.39. The van der Waals surface area contributed by atoms with Crippen LogP contribution in [-0.2, 0) is 4.74 Å². The van der Waals surface area contributed by atoms with Crippen molar-refractivity contribution in [1.29, 1.82) is 0 Å². The van der Waals surface area contributed by atoms with Crippen LogP contribution in [0.25, 0.3) is 0 Å². The third-order valence-electron chi connectivity index (χ3n) is 3.86. The SMILES string of the molecule is O=C(Nc1ccc(C(=O)N2CCOCC2)cc1)c1cc(Br)ccc1Cl. The molecule has 0 aliphatic carbocycles. The van der Waals surface area contributed by atoms with Gasteiger partial charge in [-0.3, -0.25) is 9.59 Å². The van der Waals surface area contributed by atoms with Gasteiger partial charge in [-0.05, 0) is 42.5 Å². The summed E-state index contributed by atoms with van der Waals surface area (Å²) in [5.41, 5.74) is 1.56. The molecule has 2 aromatic carbocycles. The zero-order valence-electron chi connectivity index (χ0n) is 13.3. The second-order valence-corrected chi connectivity index (χ2v) is 6.88. The topological polar surface area (TPSA) is 58.6 Å². The maximum absolute atomic E-state index is 12.4. The Bertz CT molecular complexity index is 789. The summed E-state index contributed by atoms with van der Waals surface area (Å²) in [6, 6.07) is 11.9. The molecule has 0 unspecified atom stereocenters. The lowest BCUT2D eigenvalue weighted by molar-refractivity contribution is 0.0303. The molecular formula is C18H16BrClN2O3. The largest absolute Gasteiger partial charge is 0.378 e. The average Bonchev–Trinajstić information content (AvgIpc) is 2.64. The fourth-order valence-electron chi connectivity index (χ4n) is 2.52. The molecule has 0 aromatic heterocycles. The van der Waals surface area contributed by atoms with Crippen LogP contribution in [0.5, 0.6) is 0 Å². The molecule has 1 fully saturated rings. The minimum absolute atomic E-state index is 0.0313. The van der Waals surface area contributed by atoms with Crippen LogP contribution in [0.2, 0.25) is 5.02 Å². The van der Waals surface area contributed by atoms with Gasteiger partial charge in [0.05, 0.1) is 23.8 Å².